The van der Waals surface area contributed by atoms with Crippen molar-refractivity contribution < 1.29 is 9.47 Å². The van der Waals surface area contributed by atoms with Crippen molar-refractivity contribution in [3.63, 3.8) is 0 Å². The smallest absolute Gasteiger partial charge is 0.175 e. The molecule has 0 atom stereocenters. The highest BCUT2D eigenvalue weighted by atomic mass is 79.9. The number of hydrogen-bond acceptors (Lipinski definition) is 2. The Labute approximate surface area is 99.0 Å². The number of benzene rings is 1. The van der Waals surface area contributed by atoms with Crippen LogP contribution in [0, 0.1) is 6.92 Å². The highest BCUT2D eigenvalue weighted by Gasteiger charge is 2.15. The number of allylic oxidation sites excluding steroid dienone is 1. The lowest BCUT2D eigenvalue weighted by atomic mass is 10.1. The Morgan fingerprint density at radius 2 is 1.93 bits per heavy atom. The Morgan fingerprint density at radius 1 is 1.33 bits per heavy atom. The molecule has 0 aliphatic rings. The second-order valence-corrected chi connectivity index (χ2v) is 4.02. The lowest BCUT2D eigenvalue weighted by Gasteiger charge is -2.15. The van der Waals surface area contributed by atoms with Crippen LogP contribution in [0.4, 0.5) is 0 Å². The molecule has 0 radical (unpaired) electrons. The number of methoxy groups -OCH3 is 2. The Kier molecular flexibility index (Phi) is 4.21. The number of rotatable bonds is 4. The van der Waals surface area contributed by atoms with E-state index in [9.17, 15) is 0 Å². The molecule has 0 unspecified atom stereocenters. The molecule has 0 aliphatic heterocycles. The van der Waals surface area contributed by atoms with E-state index < -0.39 is 0 Å². The molecular formula is C12H15BrO2. The van der Waals surface area contributed by atoms with Gasteiger partial charge in [0.25, 0.3) is 0 Å². The Hall–Kier alpha value is -0.960. The minimum absolute atomic E-state index is 0.745. The van der Waals surface area contributed by atoms with Crippen molar-refractivity contribution in [3.05, 3.63) is 34.3 Å². The van der Waals surface area contributed by atoms with Crippen LogP contribution in [0.2, 0.25) is 0 Å². The SMILES string of the molecule is C=CCc1cc(C)c(Br)c(OC)c1OC. The molecule has 0 aliphatic carbocycles. The van der Waals surface area contributed by atoms with Crippen molar-refractivity contribution in [2.24, 2.45) is 0 Å². The third-order valence-electron chi connectivity index (χ3n) is 2.21. The van der Waals surface area contributed by atoms with Gasteiger partial charge in [0.15, 0.2) is 11.5 Å². The summed E-state index contributed by atoms with van der Waals surface area (Å²) < 4.78 is 11.6. The molecule has 1 aromatic rings. The molecular weight excluding hydrogens is 256 g/mol. The fourth-order valence-electron chi connectivity index (χ4n) is 1.53. The van der Waals surface area contributed by atoms with Gasteiger partial charge in [-0.1, -0.05) is 12.1 Å². The van der Waals surface area contributed by atoms with Crippen molar-refractivity contribution in [1.29, 1.82) is 0 Å². The molecule has 82 valence electrons. The Balaban J connectivity index is 3.39. The zero-order valence-corrected chi connectivity index (χ0v) is 10.8. The summed E-state index contributed by atoms with van der Waals surface area (Å²) in [7, 11) is 3.28. The van der Waals surface area contributed by atoms with Gasteiger partial charge in [-0.2, -0.15) is 0 Å². The fraction of sp³-hybridized carbons (Fsp3) is 0.333. The third-order valence-corrected chi connectivity index (χ3v) is 3.19. The molecule has 3 heteroatoms. The van der Waals surface area contributed by atoms with E-state index in [-0.39, 0.29) is 0 Å². The van der Waals surface area contributed by atoms with Crippen LogP contribution in [0.3, 0.4) is 0 Å². The topological polar surface area (TPSA) is 18.5 Å². The first-order chi connectivity index (χ1) is 7.15. The number of ether oxygens (including phenoxy) is 2. The second-order valence-electron chi connectivity index (χ2n) is 3.23. The van der Waals surface area contributed by atoms with Gasteiger partial charge in [0.05, 0.1) is 18.7 Å². The summed E-state index contributed by atoms with van der Waals surface area (Å²) in [6.07, 6.45) is 2.62. The highest BCUT2D eigenvalue weighted by molar-refractivity contribution is 9.10. The fourth-order valence-corrected chi connectivity index (χ4v) is 1.98. The van der Waals surface area contributed by atoms with Crippen molar-refractivity contribution in [3.8, 4) is 11.5 Å². The van der Waals surface area contributed by atoms with Crippen molar-refractivity contribution in [1.82, 2.24) is 0 Å². The zero-order valence-electron chi connectivity index (χ0n) is 9.26. The van der Waals surface area contributed by atoms with Crippen LogP contribution in [0.25, 0.3) is 0 Å². The van der Waals surface area contributed by atoms with Crippen LogP contribution in [0.15, 0.2) is 23.2 Å². The zero-order chi connectivity index (χ0) is 11.4. The van der Waals surface area contributed by atoms with E-state index in [1.807, 2.05) is 13.0 Å². The standard InChI is InChI=1S/C12H15BrO2/c1-5-6-9-7-8(2)10(13)12(15-4)11(9)14-3/h5,7H,1,6H2,2-4H3. The number of aryl methyl sites for hydroxylation is 1. The third kappa shape index (κ3) is 2.34. The normalized spacial score (nSPS) is 9.87. The maximum Gasteiger partial charge on any atom is 0.175 e. The molecule has 0 spiro atoms. The molecule has 1 aromatic carbocycles. The maximum absolute atomic E-state index is 5.35. The lowest BCUT2D eigenvalue weighted by Crippen LogP contribution is -1.98. The predicted octanol–water partition coefficient (Wildman–Crippen LogP) is 3.50. The molecule has 0 fully saturated rings. The first kappa shape index (κ1) is 12.1. The van der Waals surface area contributed by atoms with Crippen molar-refractivity contribution in [2.45, 2.75) is 13.3 Å². The van der Waals surface area contributed by atoms with Gasteiger partial charge in [-0.3, -0.25) is 0 Å². The van der Waals surface area contributed by atoms with E-state index in [2.05, 4.69) is 28.6 Å². The maximum atomic E-state index is 5.35. The van der Waals surface area contributed by atoms with Gasteiger partial charge in [-0.15, -0.1) is 6.58 Å². The molecule has 0 heterocycles. The molecule has 1 rings (SSSR count). The van der Waals surface area contributed by atoms with Crippen LogP contribution in [0.1, 0.15) is 11.1 Å². The van der Waals surface area contributed by atoms with E-state index in [0.29, 0.717) is 0 Å². The number of halogens is 1. The van der Waals surface area contributed by atoms with Crippen molar-refractivity contribution in [2.75, 3.05) is 14.2 Å². The average molecular weight is 271 g/mol. The first-order valence-corrected chi connectivity index (χ1v) is 5.45. The van der Waals surface area contributed by atoms with Gasteiger partial charge in [-0.05, 0) is 34.8 Å². The van der Waals surface area contributed by atoms with Crippen LogP contribution in [0.5, 0.6) is 11.5 Å². The number of hydrogen-bond donors (Lipinski definition) is 0. The van der Waals surface area contributed by atoms with E-state index >= 15 is 0 Å². The van der Waals surface area contributed by atoms with Crippen LogP contribution in [-0.4, -0.2) is 14.2 Å². The van der Waals surface area contributed by atoms with E-state index in [1.54, 1.807) is 14.2 Å². The van der Waals surface area contributed by atoms with E-state index in [4.69, 9.17) is 9.47 Å². The van der Waals surface area contributed by atoms with E-state index in [1.165, 1.54) is 0 Å². The summed E-state index contributed by atoms with van der Waals surface area (Å²) in [6.45, 7) is 5.76. The summed E-state index contributed by atoms with van der Waals surface area (Å²) in [5.74, 6) is 1.52. The molecule has 0 bridgehead atoms. The first-order valence-electron chi connectivity index (χ1n) is 4.66. The molecule has 0 saturated heterocycles. The summed E-state index contributed by atoms with van der Waals surface area (Å²) in [4.78, 5) is 0. The van der Waals surface area contributed by atoms with Crippen LogP contribution in [-0.2, 0) is 6.42 Å². The van der Waals surface area contributed by atoms with Gasteiger partial charge in [0, 0.05) is 5.56 Å². The summed E-state index contributed by atoms with van der Waals surface area (Å²) in [5, 5.41) is 0. The van der Waals surface area contributed by atoms with Gasteiger partial charge in [0.1, 0.15) is 0 Å². The van der Waals surface area contributed by atoms with E-state index in [0.717, 1.165) is 33.5 Å². The summed E-state index contributed by atoms with van der Waals surface area (Å²) in [5.41, 5.74) is 2.22. The molecule has 0 amide bonds. The van der Waals surface area contributed by atoms with Gasteiger partial charge in [-0.25, -0.2) is 0 Å². The highest BCUT2D eigenvalue weighted by Crippen LogP contribution is 2.40. The molecule has 0 aromatic heterocycles. The second kappa shape index (κ2) is 5.21. The van der Waals surface area contributed by atoms with Crippen molar-refractivity contribution >= 4 is 15.9 Å². The Bertz CT molecular complexity index is 372. The largest absolute Gasteiger partial charge is 0.493 e. The monoisotopic (exact) mass is 270 g/mol. The minimum Gasteiger partial charge on any atom is -0.493 e. The predicted molar refractivity (Wildman–Crippen MR) is 65.9 cm³/mol. The van der Waals surface area contributed by atoms with Crippen LogP contribution >= 0.6 is 15.9 Å². The lowest BCUT2D eigenvalue weighted by molar-refractivity contribution is 0.350. The average Bonchev–Trinajstić information content (AvgIpc) is 2.23. The summed E-state index contributed by atoms with van der Waals surface area (Å²) >= 11 is 3.49. The molecule has 2 nitrogen and oxygen atoms in total. The molecule has 0 N–H and O–H groups in total. The van der Waals surface area contributed by atoms with Gasteiger partial charge < -0.3 is 9.47 Å². The molecule has 0 saturated carbocycles. The van der Waals surface area contributed by atoms with Gasteiger partial charge in [0.2, 0.25) is 0 Å². The quantitative estimate of drug-likeness (QED) is 0.780. The minimum atomic E-state index is 0.745. The van der Waals surface area contributed by atoms with Gasteiger partial charge >= 0.3 is 0 Å². The molecule has 15 heavy (non-hydrogen) atoms. The van der Waals surface area contributed by atoms with Crippen LogP contribution < -0.4 is 9.47 Å². The summed E-state index contributed by atoms with van der Waals surface area (Å²) in [6, 6.07) is 2.08. The Morgan fingerprint density at radius 3 is 2.40 bits per heavy atom.